The zero-order chi connectivity index (χ0) is 37.5. The Labute approximate surface area is 335 Å². The fourth-order valence-electron chi connectivity index (χ4n) is 8.24. The molecule has 0 unspecified atom stereocenters. The molecule has 6 heteroatoms. The van der Waals surface area contributed by atoms with Gasteiger partial charge in [0.15, 0.2) is 17.5 Å². The van der Waals surface area contributed by atoms with E-state index in [0.717, 1.165) is 60.9 Å². The highest BCUT2D eigenvalue weighted by molar-refractivity contribution is 7.26. The first-order valence-corrected chi connectivity index (χ1v) is 20.6. The SMILES string of the molecule is c1ccc(-c2ccc(-c3nc(-c4ccc5sc6ccccc6c5c4)nc(-c4c(-c5ccc6sc7ccccc7c6c5)ccc5oc6ccccc6c45)n3)cc2)cc1. The number of nitrogens with zero attached hydrogens (tertiary/aromatic N) is 3. The summed E-state index contributed by atoms with van der Waals surface area (Å²) in [5.74, 6) is 1.83. The predicted molar refractivity (Wildman–Crippen MR) is 240 cm³/mol. The fourth-order valence-corrected chi connectivity index (χ4v) is 10.4. The molecule has 0 aliphatic carbocycles. The maximum Gasteiger partial charge on any atom is 0.165 e. The topological polar surface area (TPSA) is 51.8 Å². The van der Waals surface area contributed by atoms with Gasteiger partial charge >= 0.3 is 0 Å². The number of benzene rings is 8. The minimum Gasteiger partial charge on any atom is -0.456 e. The summed E-state index contributed by atoms with van der Waals surface area (Å²) in [6, 6.07) is 62.1. The van der Waals surface area contributed by atoms with Crippen molar-refractivity contribution in [1.29, 1.82) is 0 Å². The van der Waals surface area contributed by atoms with Crippen LogP contribution in [0, 0.1) is 0 Å². The number of hydrogen-bond donors (Lipinski definition) is 0. The third-order valence-corrected chi connectivity index (χ3v) is 13.3. The van der Waals surface area contributed by atoms with Crippen molar-refractivity contribution in [2.24, 2.45) is 0 Å². The number of para-hydroxylation sites is 1. The number of rotatable bonds is 5. The van der Waals surface area contributed by atoms with Crippen molar-refractivity contribution >= 4 is 85.0 Å². The van der Waals surface area contributed by atoms with Crippen molar-refractivity contribution in [3.63, 3.8) is 0 Å². The van der Waals surface area contributed by atoms with Crippen LogP contribution in [0.25, 0.3) is 119 Å². The predicted octanol–water partition coefficient (Wildman–Crippen LogP) is 14.8. The van der Waals surface area contributed by atoms with Gasteiger partial charge in [0.05, 0.1) is 0 Å². The van der Waals surface area contributed by atoms with E-state index >= 15 is 0 Å². The Kier molecular flexibility index (Phi) is 7.24. The van der Waals surface area contributed by atoms with E-state index in [1.807, 2.05) is 40.9 Å². The van der Waals surface area contributed by atoms with Crippen molar-refractivity contribution in [3.05, 3.63) is 176 Å². The lowest BCUT2D eigenvalue weighted by molar-refractivity contribution is 0.669. The average Bonchev–Trinajstić information content (AvgIpc) is 3.97. The molecule has 12 aromatic rings. The molecule has 0 aliphatic rings. The van der Waals surface area contributed by atoms with E-state index in [0.29, 0.717) is 17.5 Å². The van der Waals surface area contributed by atoms with Gasteiger partial charge in [0, 0.05) is 67.8 Å². The van der Waals surface area contributed by atoms with Crippen LogP contribution in [0.5, 0.6) is 0 Å². The highest BCUT2D eigenvalue weighted by Crippen LogP contribution is 2.45. The standard InChI is InChI=1S/C51H29N3OS2/c1-2-10-30(11-3-1)31-18-20-32(21-19-31)49-52-50(34-23-27-46-40(29-34)37-13-6-9-17-44(37)57-46)54-51(53-49)48-35(24-25-42-47(48)38-14-4-7-15-41(38)55-42)33-22-26-45-39(28-33)36-12-5-8-16-43(36)56-45/h1-29H. The molecular weight excluding hydrogens is 735 g/mol. The van der Waals surface area contributed by atoms with E-state index in [1.54, 1.807) is 0 Å². The summed E-state index contributed by atoms with van der Waals surface area (Å²) in [6.45, 7) is 0. The second-order valence-corrected chi connectivity index (χ2v) is 16.5. The average molecular weight is 764 g/mol. The van der Waals surface area contributed by atoms with Crippen molar-refractivity contribution in [2.75, 3.05) is 0 Å². The molecule has 0 bridgehead atoms. The van der Waals surface area contributed by atoms with Gasteiger partial charge in [-0.25, -0.2) is 15.0 Å². The first-order chi connectivity index (χ1) is 28.2. The van der Waals surface area contributed by atoms with Gasteiger partial charge in [-0.2, -0.15) is 0 Å². The quantitative estimate of drug-likeness (QED) is 0.175. The molecule has 0 amide bonds. The van der Waals surface area contributed by atoms with Crippen LogP contribution in [-0.2, 0) is 0 Å². The number of fused-ring (bicyclic) bond motifs is 9. The van der Waals surface area contributed by atoms with Gasteiger partial charge in [-0.1, -0.05) is 115 Å². The molecule has 0 fully saturated rings. The number of hydrogen-bond acceptors (Lipinski definition) is 6. The van der Waals surface area contributed by atoms with Gasteiger partial charge in [0.1, 0.15) is 11.2 Å². The smallest absolute Gasteiger partial charge is 0.165 e. The third-order valence-electron chi connectivity index (χ3n) is 11.0. The maximum atomic E-state index is 6.52. The molecule has 8 aromatic carbocycles. The Morgan fingerprint density at radius 2 is 0.842 bits per heavy atom. The summed E-state index contributed by atoms with van der Waals surface area (Å²) in [5.41, 5.74) is 8.82. The second-order valence-electron chi connectivity index (χ2n) is 14.3. The van der Waals surface area contributed by atoms with Crippen LogP contribution in [0.1, 0.15) is 0 Å². The van der Waals surface area contributed by atoms with Gasteiger partial charge in [-0.15, -0.1) is 22.7 Å². The molecule has 4 nitrogen and oxygen atoms in total. The molecule has 57 heavy (non-hydrogen) atoms. The minimum absolute atomic E-state index is 0.597. The molecule has 0 spiro atoms. The Bertz CT molecular complexity index is 3530. The van der Waals surface area contributed by atoms with Crippen LogP contribution < -0.4 is 0 Å². The van der Waals surface area contributed by atoms with Crippen molar-refractivity contribution in [3.8, 4) is 56.4 Å². The van der Waals surface area contributed by atoms with Crippen LogP contribution in [0.4, 0.5) is 0 Å². The summed E-state index contributed by atoms with van der Waals surface area (Å²) in [6.07, 6.45) is 0. The molecular formula is C51H29N3OS2. The van der Waals surface area contributed by atoms with E-state index in [9.17, 15) is 0 Å². The normalized spacial score (nSPS) is 11.9. The lowest BCUT2D eigenvalue weighted by atomic mass is 9.93. The number of thiophene rings is 2. The van der Waals surface area contributed by atoms with E-state index in [-0.39, 0.29) is 0 Å². The van der Waals surface area contributed by atoms with Crippen LogP contribution in [0.2, 0.25) is 0 Å². The molecule has 266 valence electrons. The van der Waals surface area contributed by atoms with E-state index in [4.69, 9.17) is 19.4 Å². The van der Waals surface area contributed by atoms with E-state index in [1.165, 1.54) is 40.3 Å². The Balaban J connectivity index is 1.13. The number of furan rings is 1. The van der Waals surface area contributed by atoms with E-state index in [2.05, 4.69) is 158 Å². The van der Waals surface area contributed by atoms with Gasteiger partial charge in [0.2, 0.25) is 0 Å². The summed E-state index contributed by atoms with van der Waals surface area (Å²) in [4.78, 5) is 16.0. The molecule has 0 N–H and O–H groups in total. The zero-order valence-electron chi connectivity index (χ0n) is 30.3. The zero-order valence-corrected chi connectivity index (χ0v) is 31.9. The van der Waals surface area contributed by atoms with Gasteiger partial charge in [-0.3, -0.25) is 0 Å². The monoisotopic (exact) mass is 763 g/mol. The summed E-state index contributed by atoms with van der Waals surface area (Å²) in [5, 5.41) is 6.94. The van der Waals surface area contributed by atoms with Crippen LogP contribution in [-0.4, -0.2) is 15.0 Å². The summed E-state index contributed by atoms with van der Waals surface area (Å²) >= 11 is 3.63. The van der Waals surface area contributed by atoms with Gasteiger partial charge in [-0.05, 0) is 82.9 Å². The Hall–Kier alpha value is -6.99. The molecule has 4 aromatic heterocycles. The molecule has 0 aliphatic heterocycles. The van der Waals surface area contributed by atoms with Crippen LogP contribution in [0.3, 0.4) is 0 Å². The second kappa shape index (κ2) is 12.8. The molecule has 0 atom stereocenters. The molecule has 0 saturated carbocycles. The largest absolute Gasteiger partial charge is 0.456 e. The van der Waals surface area contributed by atoms with Crippen molar-refractivity contribution in [1.82, 2.24) is 15.0 Å². The van der Waals surface area contributed by atoms with Crippen LogP contribution >= 0.6 is 22.7 Å². The first-order valence-electron chi connectivity index (χ1n) is 18.9. The lowest BCUT2D eigenvalue weighted by Crippen LogP contribution is -2.01. The van der Waals surface area contributed by atoms with E-state index < -0.39 is 0 Å². The maximum absolute atomic E-state index is 6.52. The Morgan fingerprint density at radius 1 is 0.333 bits per heavy atom. The van der Waals surface area contributed by atoms with Crippen LogP contribution in [0.15, 0.2) is 180 Å². The molecule has 12 rings (SSSR count). The lowest BCUT2D eigenvalue weighted by Gasteiger charge is -2.14. The molecule has 0 radical (unpaired) electrons. The van der Waals surface area contributed by atoms with Gasteiger partial charge < -0.3 is 4.42 Å². The molecule has 4 heterocycles. The summed E-state index contributed by atoms with van der Waals surface area (Å²) in [7, 11) is 0. The molecule has 0 saturated heterocycles. The third kappa shape index (κ3) is 5.30. The Morgan fingerprint density at radius 3 is 1.56 bits per heavy atom. The summed E-state index contributed by atoms with van der Waals surface area (Å²) < 4.78 is 11.6. The first kappa shape index (κ1) is 32.3. The minimum atomic E-state index is 0.597. The van der Waals surface area contributed by atoms with Crippen molar-refractivity contribution in [2.45, 2.75) is 0 Å². The number of aromatic nitrogens is 3. The van der Waals surface area contributed by atoms with Gasteiger partial charge in [0.25, 0.3) is 0 Å². The highest BCUT2D eigenvalue weighted by atomic mass is 32.1. The highest BCUT2D eigenvalue weighted by Gasteiger charge is 2.23. The fraction of sp³-hybridized carbons (Fsp3) is 0. The van der Waals surface area contributed by atoms with Crippen molar-refractivity contribution < 1.29 is 4.42 Å².